The molecule has 0 aromatic heterocycles. The maximum atomic E-state index is 13.7. The highest BCUT2D eigenvalue weighted by atomic mass is 79.9. The van der Waals surface area contributed by atoms with Gasteiger partial charge >= 0.3 is 0 Å². The van der Waals surface area contributed by atoms with Gasteiger partial charge in [0.05, 0.1) is 6.04 Å². The molecule has 2 aromatic carbocycles. The molecule has 4 heteroatoms. The first kappa shape index (κ1) is 15.0. The van der Waals surface area contributed by atoms with Gasteiger partial charge in [-0.2, -0.15) is 0 Å². The van der Waals surface area contributed by atoms with Crippen LogP contribution in [-0.4, -0.2) is 6.54 Å². The Bertz CT molecular complexity index is 613. The molecule has 2 nitrogen and oxygen atoms in total. The average molecular weight is 337 g/mol. The van der Waals surface area contributed by atoms with E-state index in [1.807, 2.05) is 31.2 Å². The van der Waals surface area contributed by atoms with Crippen LogP contribution in [0.4, 0.5) is 10.1 Å². The van der Waals surface area contributed by atoms with Crippen molar-refractivity contribution in [2.75, 3.05) is 11.9 Å². The van der Waals surface area contributed by atoms with Crippen molar-refractivity contribution >= 4 is 21.6 Å². The molecule has 0 aliphatic heterocycles. The Morgan fingerprint density at radius 1 is 1.20 bits per heavy atom. The lowest BCUT2D eigenvalue weighted by molar-refractivity contribution is 0.613. The minimum Gasteiger partial charge on any atom is -0.376 e. The third-order valence-corrected chi connectivity index (χ3v) is 3.98. The predicted molar refractivity (Wildman–Crippen MR) is 85.4 cm³/mol. The minimum atomic E-state index is -0.203. The summed E-state index contributed by atoms with van der Waals surface area (Å²) in [4.78, 5) is 0. The molecule has 1 atom stereocenters. The smallest absolute Gasteiger partial charge is 0.126 e. The van der Waals surface area contributed by atoms with Crippen LogP contribution in [0.25, 0.3) is 0 Å². The summed E-state index contributed by atoms with van der Waals surface area (Å²) in [6.45, 7) is 4.17. The van der Waals surface area contributed by atoms with Crippen LogP contribution in [0, 0.1) is 19.7 Å². The summed E-state index contributed by atoms with van der Waals surface area (Å²) in [5.41, 5.74) is 9.43. The summed E-state index contributed by atoms with van der Waals surface area (Å²) in [6, 6.07) is 11.2. The number of hydrogen-bond acceptors (Lipinski definition) is 2. The van der Waals surface area contributed by atoms with Crippen molar-refractivity contribution in [2.45, 2.75) is 19.9 Å². The zero-order chi connectivity index (χ0) is 14.7. The van der Waals surface area contributed by atoms with Gasteiger partial charge in [0.1, 0.15) is 5.82 Å². The summed E-state index contributed by atoms with van der Waals surface area (Å²) in [7, 11) is 0. The largest absolute Gasteiger partial charge is 0.376 e. The van der Waals surface area contributed by atoms with Gasteiger partial charge in [-0.15, -0.1) is 0 Å². The molecule has 0 fully saturated rings. The van der Waals surface area contributed by atoms with E-state index in [0.717, 1.165) is 21.3 Å². The molecular weight excluding hydrogens is 319 g/mol. The summed E-state index contributed by atoms with van der Waals surface area (Å²) >= 11 is 3.51. The highest BCUT2D eigenvalue weighted by Gasteiger charge is 2.12. The van der Waals surface area contributed by atoms with Gasteiger partial charge in [-0.3, -0.25) is 0 Å². The standard InChI is InChI=1S/C16H18BrFN2/c1-10-3-6-13(17)15(7-10)20-16(9-19)12-5-4-11(2)14(18)8-12/h3-8,16,20H,9,19H2,1-2H3. The van der Waals surface area contributed by atoms with Crippen molar-refractivity contribution < 1.29 is 4.39 Å². The highest BCUT2D eigenvalue weighted by molar-refractivity contribution is 9.10. The SMILES string of the molecule is Cc1ccc(Br)c(NC(CN)c2ccc(C)c(F)c2)c1. The van der Waals surface area contributed by atoms with Crippen LogP contribution in [0.15, 0.2) is 40.9 Å². The summed E-state index contributed by atoms with van der Waals surface area (Å²) < 4.78 is 14.6. The predicted octanol–water partition coefficient (Wildman–Crippen LogP) is 4.32. The Hall–Kier alpha value is -1.39. The molecule has 0 aliphatic carbocycles. The molecular formula is C16H18BrFN2. The lowest BCUT2D eigenvalue weighted by Gasteiger charge is -2.20. The monoisotopic (exact) mass is 336 g/mol. The van der Waals surface area contributed by atoms with E-state index in [-0.39, 0.29) is 11.9 Å². The molecule has 2 aromatic rings. The Morgan fingerprint density at radius 2 is 1.95 bits per heavy atom. The zero-order valence-corrected chi connectivity index (χ0v) is 13.2. The summed E-state index contributed by atoms with van der Waals surface area (Å²) in [6.07, 6.45) is 0. The Labute approximate surface area is 127 Å². The molecule has 0 saturated carbocycles. The van der Waals surface area contributed by atoms with Crippen molar-refractivity contribution in [3.05, 3.63) is 63.4 Å². The molecule has 0 saturated heterocycles. The van der Waals surface area contributed by atoms with E-state index in [1.165, 1.54) is 0 Å². The molecule has 0 aliphatic rings. The molecule has 0 amide bonds. The zero-order valence-electron chi connectivity index (χ0n) is 11.6. The fraction of sp³-hybridized carbons (Fsp3) is 0.250. The van der Waals surface area contributed by atoms with Gasteiger partial charge in [0.25, 0.3) is 0 Å². The van der Waals surface area contributed by atoms with Crippen molar-refractivity contribution in [3.63, 3.8) is 0 Å². The van der Waals surface area contributed by atoms with Crippen molar-refractivity contribution in [3.8, 4) is 0 Å². The number of hydrogen-bond donors (Lipinski definition) is 2. The fourth-order valence-electron chi connectivity index (χ4n) is 2.04. The van der Waals surface area contributed by atoms with Crippen LogP contribution in [-0.2, 0) is 0 Å². The molecule has 0 heterocycles. The fourth-order valence-corrected chi connectivity index (χ4v) is 2.40. The number of halogens is 2. The maximum Gasteiger partial charge on any atom is 0.126 e. The van der Waals surface area contributed by atoms with Gasteiger partial charge in [0.15, 0.2) is 0 Å². The van der Waals surface area contributed by atoms with Crippen LogP contribution >= 0.6 is 15.9 Å². The Kier molecular flexibility index (Phi) is 4.78. The minimum absolute atomic E-state index is 0.122. The average Bonchev–Trinajstić information content (AvgIpc) is 2.43. The number of nitrogens with two attached hydrogens (primary N) is 1. The lowest BCUT2D eigenvalue weighted by atomic mass is 10.0. The van der Waals surface area contributed by atoms with Crippen LogP contribution in [0.5, 0.6) is 0 Å². The van der Waals surface area contributed by atoms with Gasteiger partial charge in [-0.1, -0.05) is 18.2 Å². The molecule has 106 valence electrons. The quantitative estimate of drug-likeness (QED) is 0.872. The third kappa shape index (κ3) is 3.38. The van der Waals surface area contributed by atoms with E-state index >= 15 is 0 Å². The topological polar surface area (TPSA) is 38.0 Å². The summed E-state index contributed by atoms with van der Waals surface area (Å²) in [5.74, 6) is -0.203. The van der Waals surface area contributed by atoms with Crippen molar-refractivity contribution in [1.29, 1.82) is 0 Å². The normalized spacial score (nSPS) is 12.2. The molecule has 0 bridgehead atoms. The molecule has 1 unspecified atom stereocenters. The second-order valence-electron chi connectivity index (χ2n) is 4.92. The first-order valence-corrected chi connectivity index (χ1v) is 7.29. The van der Waals surface area contributed by atoms with E-state index in [2.05, 4.69) is 21.2 Å². The van der Waals surface area contributed by atoms with Crippen LogP contribution in [0.3, 0.4) is 0 Å². The molecule has 2 rings (SSSR count). The van der Waals surface area contributed by atoms with Gasteiger partial charge in [0, 0.05) is 16.7 Å². The Balaban J connectivity index is 2.28. The molecule has 0 radical (unpaired) electrons. The highest BCUT2D eigenvalue weighted by Crippen LogP contribution is 2.28. The van der Waals surface area contributed by atoms with E-state index in [0.29, 0.717) is 12.1 Å². The molecule has 0 spiro atoms. The second-order valence-corrected chi connectivity index (χ2v) is 5.78. The van der Waals surface area contributed by atoms with E-state index in [9.17, 15) is 4.39 Å². The number of rotatable bonds is 4. The van der Waals surface area contributed by atoms with Gasteiger partial charge in [0.2, 0.25) is 0 Å². The van der Waals surface area contributed by atoms with Crippen molar-refractivity contribution in [2.24, 2.45) is 5.73 Å². The molecule has 3 N–H and O–H groups in total. The van der Waals surface area contributed by atoms with E-state index in [4.69, 9.17) is 5.73 Å². The molecule has 20 heavy (non-hydrogen) atoms. The van der Waals surface area contributed by atoms with E-state index in [1.54, 1.807) is 19.1 Å². The first-order valence-electron chi connectivity index (χ1n) is 6.50. The summed E-state index contributed by atoms with van der Waals surface area (Å²) in [5, 5.41) is 3.36. The number of nitrogens with one attached hydrogen (secondary N) is 1. The van der Waals surface area contributed by atoms with Crippen LogP contribution in [0.2, 0.25) is 0 Å². The lowest BCUT2D eigenvalue weighted by Crippen LogP contribution is -2.21. The third-order valence-electron chi connectivity index (χ3n) is 3.29. The Morgan fingerprint density at radius 3 is 2.60 bits per heavy atom. The second kappa shape index (κ2) is 6.37. The van der Waals surface area contributed by atoms with Gasteiger partial charge in [-0.25, -0.2) is 4.39 Å². The van der Waals surface area contributed by atoms with Gasteiger partial charge < -0.3 is 11.1 Å². The van der Waals surface area contributed by atoms with Crippen LogP contribution < -0.4 is 11.1 Å². The van der Waals surface area contributed by atoms with Crippen molar-refractivity contribution in [1.82, 2.24) is 0 Å². The number of aryl methyl sites for hydroxylation is 2. The van der Waals surface area contributed by atoms with Crippen LogP contribution in [0.1, 0.15) is 22.7 Å². The first-order chi connectivity index (χ1) is 9.51. The number of anilines is 1. The number of benzene rings is 2. The van der Waals surface area contributed by atoms with Gasteiger partial charge in [-0.05, 0) is 64.7 Å². The maximum absolute atomic E-state index is 13.7. The van der Waals surface area contributed by atoms with E-state index < -0.39 is 0 Å².